The molecule has 1 amide bonds. The summed E-state index contributed by atoms with van der Waals surface area (Å²) in [5.74, 6) is 0.949. The number of aryl methyl sites for hydroxylation is 1. The molecule has 0 aromatic heterocycles. The molecule has 134 valence electrons. The molecule has 1 fully saturated rings. The van der Waals surface area contributed by atoms with Crippen molar-refractivity contribution in [2.75, 3.05) is 33.3 Å². The van der Waals surface area contributed by atoms with Gasteiger partial charge < -0.3 is 15.0 Å². The Balaban J connectivity index is 0.00000208. The second-order valence-electron chi connectivity index (χ2n) is 7.10. The quantitative estimate of drug-likeness (QED) is 0.780. The molecule has 3 rings (SSSR count). The SMILES string of the molecule is CN1CC2(CCCCc3ccccc3OCC1=O)CCNCC2.Cl. The number of hydrogen-bond donors (Lipinski definition) is 1. The Morgan fingerprint density at radius 3 is 2.67 bits per heavy atom. The van der Waals surface area contributed by atoms with Crippen LogP contribution < -0.4 is 10.1 Å². The van der Waals surface area contributed by atoms with Gasteiger partial charge in [0.15, 0.2) is 6.61 Å². The number of nitrogens with one attached hydrogen (secondary N) is 1. The van der Waals surface area contributed by atoms with Gasteiger partial charge in [0.05, 0.1) is 0 Å². The zero-order valence-corrected chi connectivity index (χ0v) is 15.4. The number of halogens is 1. The van der Waals surface area contributed by atoms with E-state index < -0.39 is 0 Å². The lowest BCUT2D eigenvalue weighted by atomic mass is 9.74. The van der Waals surface area contributed by atoms with Crippen LogP contribution in [0.3, 0.4) is 0 Å². The summed E-state index contributed by atoms with van der Waals surface area (Å²) in [6, 6.07) is 8.12. The van der Waals surface area contributed by atoms with Crippen LogP contribution in [0.2, 0.25) is 0 Å². The predicted molar refractivity (Wildman–Crippen MR) is 98.9 cm³/mol. The van der Waals surface area contributed by atoms with Crippen molar-refractivity contribution < 1.29 is 9.53 Å². The van der Waals surface area contributed by atoms with Crippen LogP contribution in [0.25, 0.3) is 0 Å². The van der Waals surface area contributed by atoms with E-state index >= 15 is 0 Å². The predicted octanol–water partition coefficient (Wildman–Crippen LogP) is 3.04. The molecule has 1 spiro atoms. The van der Waals surface area contributed by atoms with E-state index in [2.05, 4.69) is 17.4 Å². The number of benzene rings is 1. The van der Waals surface area contributed by atoms with Crippen LogP contribution in [0.5, 0.6) is 5.75 Å². The third-order valence-electron chi connectivity index (χ3n) is 5.39. The van der Waals surface area contributed by atoms with E-state index in [0.29, 0.717) is 0 Å². The first-order valence-corrected chi connectivity index (χ1v) is 8.84. The third kappa shape index (κ3) is 4.64. The van der Waals surface area contributed by atoms with Crippen molar-refractivity contribution in [1.82, 2.24) is 10.2 Å². The maximum Gasteiger partial charge on any atom is 0.260 e. The molecule has 4 nitrogen and oxygen atoms in total. The minimum Gasteiger partial charge on any atom is -0.483 e. The number of fused-ring (bicyclic) bond motifs is 1. The van der Waals surface area contributed by atoms with E-state index in [9.17, 15) is 4.79 Å². The fourth-order valence-electron chi connectivity index (χ4n) is 3.95. The molecular formula is C19H29ClN2O2. The molecule has 0 aliphatic carbocycles. The molecule has 0 bridgehead atoms. The number of piperidine rings is 1. The largest absolute Gasteiger partial charge is 0.483 e. The van der Waals surface area contributed by atoms with E-state index in [0.717, 1.165) is 31.8 Å². The van der Waals surface area contributed by atoms with Crippen molar-refractivity contribution in [3.8, 4) is 5.75 Å². The van der Waals surface area contributed by atoms with Crippen molar-refractivity contribution >= 4 is 18.3 Å². The Labute approximate surface area is 151 Å². The normalized spacial score (nSPS) is 21.7. The molecule has 1 aromatic carbocycles. The summed E-state index contributed by atoms with van der Waals surface area (Å²) >= 11 is 0. The highest BCUT2D eigenvalue weighted by Crippen LogP contribution is 2.36. The second-order valence-corrected chi connectivity index (χ2v) is 7.10. The molecule has 1 saturated heterocycles. The minimum absolute atomic E-state index is 0. The summed E-state index contributed by atoms with van der Waals surface area (Å²) in [6.07, 6.45) is 7.00. The Kier molecular flexibility index (Phi) is 6.93. The number of nitrogens with zero attached hydrogens (tertiary/aromatic N) is 1. The average Bonchev–Trinajstić information content (AvgIpc) is 2.57. The molecule has 0 atom stereocenters. The lowest BCUT2D eigenvalue weighted by molar-refractivity contribution is -0.134. The number of para-hydroxylation sites is 1. The van der Waals surface area contributed by atoms with Crippen LogP contribution in [0, 0.1) is 5.41 Å². The van der Waals surface area contributed by atoms with Gasteiger partial charge in [0.1, 0.15) is 5.75 Å². The summed E-state index contributed by atoms with van der Waals surface area (Å²) in [7, 11) is 1.92. The number of ether oxygens (including phenoxy) is 1. The molecule has 0 saturated carbocycles. The molecule has 1 N–H and O–H groups in total. The molecular weight excluding hydrogens is 324 g/mol. The second kappa shape index (κ2) is 8.72. The standard InChI is InChI=1S/C19H28N2O2.ClH/c1-21-15-19(10-12-20-13-11-19)9-5-4-7-16-6-2-3-8-17(16)23-14-18(21)22;/h2-3,6,8,20H,4-5,7,9-15H2,1H3;1H. The Bertz CT molecular complexity index is 544. The maximum absolute atomic E-state index is 12.5. The van der Waals surface area contributed by atoms with Crippen molar-refractivity contribution in [1.29, 1.82) is 0 Å². The Morgan fingerprint density at radius 1 is 1.12 bits per heavy atom. The van der Waals surface area contributed by atoms with Crippen LogP contribution >= 0.6 is 12.4 Å². The molecule has 1 aromatic rings. The number of amides is 1. The summed E-state index contributed by atoms with van der Waals surface area (Å²) in [5.41, 5.74) is 1.51. The van der Waals surface area contributed by atoms with Crippen LogP contribution in [0.1, 0.15) is 37.7 Å². The van der Waals surface area contributed by atoms with E-state index in [1.165, 1.54) is 37.7 Å². The fourth-order valence-corrected chi connectivity index (χ4v) is 3.95. The highest BCUT2D eigenvalue weighted by atomic mass is 35.5. The Morgan fingerprint density at radius 2 is 1.88 bits per heavy atom. The van der Waals surface area contributed by atoms with Gasteiger partial charge in [0.25, 0.3) is 5.91 Å². The third-order valence-corrected chi connectivity index (χ3v) is 5.39. The number of carbonyl (C=O) groups excluding carboxylic acids is 1. The monoisotopic (exact) mass is 352 g/mol. The topological polar surface area (TPSA) is 41.6 Å². The van der Waals surface area contributed by atoms with Crippen LogP contribution in [-0.4, -0.2) is 44.1 Å². The van der Waals surface area contributed by atoms with Crippen molar-refractivity contribution in [3.05, 3.63) is 29.8 Å². The van der Waals surface area contributed by atoms with E-state index in [4.69, 9.17) is 4.74 Å². The lowest BCUT2D eigenvalue weighted by Gasteiger charge is -2.41. The van der Waals surface area contributed by atoms with Gasteiger partial charge >= 0.3 is 0 Å². The molecule has 5 heteroatoms. The van der Waals surface area contributed by atoms with Crippen LogP contribution in [0.15, 0.2) is 24.3 Å². The van der Waals surface area contributed by atoms with Crippen molar-refractivity contribution in [2.45, 2.75) is 38.5 Å². The van der Waals surface area contributed by atoms with Gasteiger partial charge in [0.2, 0.25) is 0 Å². The van der Waals surface area contributed by atoms with Crippen LogP contribution in [0.4, 0.5) is 0 Å². The highest BCUT2D eigenvalue weighted by molar-refractivity contribution is 5.85. The summed E-state index contributed by atoms with van der Waals surface area (Å²) in [4.78, 5) is 14.3. The van der Waals surface area contributed by atoms with Gasteiger partial charge in [-0.1, -0.05) is 24.6 Å². The van der Waals surface area contributed by atoms with Gasteiger partial charge in [-0.05, 0) is 62.2 Å². The molecule has 24 heavy (non-hydrogen) atoms. The molecule has 0 unspecified atom stereocenters. The summed E-state index contributed by atoms with van der Waals surface area (Å²) in [6.45, 7) is 3.14. The molecule has 0 radical (unpaired) electrons. The van der Waals surface area contributed by atoms with Gasteiger partial charge in [-0.2, -0.15) is 0 Å². The smallest absolute Gasteiger partial charge is 0.260 e. The number of hydrogen-bond acceptors (Lipinski definition) is 3. The zero-order valence-electron chi connectivity index (χ0n) is 14.6. The summed E-state index contributed by atoms with van der Waals surface area (Å²) < 4.78 is 5.82. The average molecular weight is 353 g/mol. The molecule has 2 aliphatic rings. The Hall–Kier alpha value is -1.26. The zero-order chi connectivity index (χ0) is 16.1. The summed E-state index contributed by atoms with van der Waals surface area (Å²) in [5, 5.41) is 3.45. The first-order chi connectivity index (χ1) is 11.2. The molecule has 2 heterocycles. The lowest BCUT2D eigenvalue weighted by Crippen LogP contribution is -2.46. The minimum atomic E-state index is 0. The van der Waals surface area contributed by atoms with E-state index in [1.807, 2.05) is 24.1 Å². The highest BCUT2D eigenvalue weighted by Gasteiger charge is 2.34. The van der Waals surface area contributed by atoms with E-state index in [1.54, 1.807) is 0 Å². The molecule has 2 aliphatic heterocycles. The first kappa shape index (κ1) is 19.1. The fraction of sp³-hybridized carbons (Fsp3) is 0.632. The number of rotatable bonds is 0. The maximum atomic E-state index is 12.5. The van der Waals surface area contributed by atoms with Gasteiger partial charge in [-0.15, -0.1) is 12.4 Å². The van der Waals surface area contributed by atoms with Gasteiger partial charge in [-0.3, -0.25) is 4.79 Å². The van der Waals surface area contributed by atoms with Crippen molar-refractivity contribution in [3.63, 3.8) is 0 Å². The van der Waals surface area contributed by atoms with E-state index in [-0.39, 0.29) is 30.3 Å². The first-order valence-electron chi connectivity index (χ1n) is 8.84. The number of likely N-dealkylation sites (N-methyl/N-ethyl adjacent to an activating group) is 1. The van der Waals surface area contributed by atoms with Crippen LogP contribution in [-0.2, 0) is 11.2 Å². The number of carbonyl (C=O) groups is 1. The van der Waals surface area contributed by atoms with Gasteiger partial charge in [0, 0.05) is 13.6 Å². The van der Waals surface area contributed by atoms with Gasteiger partial charge in [-0.25, -0.2) is 0 Å². The van der Waals surface area contributed by atoms with Crippen molar-refractivity contribution in [2.24, 2.45) is 5.41 Å².